The second kappa shape index (κ2) is 10.5. The standard InChI is InChI=1S/C19H28N4O4/c1-3-15-7-5-6-8-16(15)21-17(24)13-20-18(25)14-22-9-11-23(12-10-22)19(26)27-4-2/h5-8H,3-4,9-14H2,1-2H3,(H,20,25)(H,21,24)/p+1. The number of anilines is 1. The van der Waals surface area contributed by atoms with E-state index in [0.29, 0.717) is 32.8 Å². The molecular formula is C19H29N4O4+. The van der Waals surface area contributed by atoms with Crippen LogP contribution in [0.5, 0.6) is 0 Å². The number of ether oxygens (including phenoxy) is 1. The van der Waals surface area contributed by atoms with Crippen LogP contribution in [0.25, 0.3) is 0 Å². The highest BCUT2D eigenvalue weighted by molar-refractivity contribution is 5.95. The topological polar surface area (TPSA) is 92.2 Å². The summed E-state index contributed by atoms with van der Waals surface area (Å²) in [6.07, 6.45) is 0.522. The van der Waals surface area contributed by atoms with Gasteiger partial charge in [-0.2, -0.15) is 0 Å². The zero-order valence-corrected chi connectivity index (χ0v) is 16.0. The smallest absolute Gasteiger partial charge is 0.410 e. The number of nitrogens with zero attached hydrogens (tertiary/aromatic N) is 1. The highest BCUT2D eigenvalue weighted by Crippen LogP contribution is 2.14. The Balaban J connectivity index is 1.69. The molecule has 1 saturated heterocycles. The molecular weight excluding hydrogens is 348 g/mol. The lowest BCUT2D eigenvalue weighted by Gasteiger charge is -2.31. The van der Waals surface area contributed by atoms with Crippen LogP contribution in [0.2, 0.25) is 0 Å². The van der Waals surface area contributed by atoms with Crippen LogP contribution in [0.15, 0.2) is 24.3 Å². The van der Waals surface area contributed by atoms with E-state index in [9.17, 15) is 14.4 Å². The van der Waals surface area contributed by atoms with Gasteiger partial charge in [0.1, 0.15) is 0 Å². The maximum Gasteiger partial charge on any atom is 0.410 e. The fourth-order valence-corrected chi connectivity index (χ4v) is 3.01. The highest BCUT2D eigenvalue weighted by Gasteiger charge is 2.25. The number of amides is 3. The zero-order chi connectivity index (χ0) is 19.6. The lowest BCUT2D eigenvalue weighted by Crippen LogP contribution is -3.15. The van der Waals surface area contributed by atoms with E-state index in [4.69, 9.17) is 4.74 Å². The Morgan fingerprint density at radius 3 is 2.48 bits per heavy atom. The predicted octanol–water partition coefficient (Wildman–Crippen LogP) is -0.339. The number of aryl methyl sites for hydroxylation is 1. The van der Waals surface area contributed by atoms with Gasteiger partial charge in [-0.05, 0) is 25.0 Å². The number of carbonyl (C=O) groups is 3. The average molecular weight is 377 g/mol. The molecule has 27 heavy (non-hydrogen) atoms. The molecule has 0 unspecified atom stereocenters. The fraction of sp³-hybridized carbons (Fsp3) is 0.526. The number of nitrogens with one attached hydrogen (secondary N) is 3. The first-order valence-electron chi connectivity index (χ1n) is 9.43. The largest absolute Gasteiger partial charge is 0.450 e. The molecule has 8 heteroatoms. The van der Waals surface area contributed by atoms with Crippen molar-refractivity contribution in [3.05, 3.63) is 29.8 Å². The fourth-order valence-electron chi connectivity index (χ4n) is 3.01. The molecule has 0 aliphatic carbocycles. The second-order valence-corrected chi connectivity index (χ2v) is 6.45. The van der Waals surface area contributed by atoms with Gasteiger partial charge in [-0.1, -0.05) is 25.1 Å². The number of piperazine rings is 1. The molecule has 1 aliphatic heterocycles. The molecule has 1 fully saturated rings. The van der Waals surface area contributed by atoms with Crippen molar-refractivity contribution in [3.63, 3.8) is 0 Å². The van der Waals surface area contributed by atoms with E-state index >= 15 is 0 Å². The van der Waals surface area contributed by atoms with Gasteiger partial charge in [0.2, 0.25) is 5.91 Å². The summed E-state index contributed by atoms with van der Waals surface area (Å²) in [4.78, 5) is 38.6. The van der Waals surface area contributed by atoms with Crippen LogP contribution >= 0.6 is 0 Å². The Labute approximate surface area is 159 Å². The molecule has 0 bridgehead atoms. The van der Waals surface area contributed by atoms with E-state index in [1.54, 1.807) is 11.8 Å². The number of hydrogen-bond acceptors (Lipinski definition) is 4. The van der Waals surface area contributed by atoms with Crippen LogP contribution in [-0.4, -0.2) is 68.7 Å². The predicted molar refractivity (Wildman–Crippen MR) is 102 cm³/mol. The molecule has 2 rings (SSSR count). The van der Waals surface area contributed by atoms with Crippen molar-refractivity contribution in [3.8, 4) is 0 Å². The average Bonchev–Trinajstić information content (AvgIpc) is 2.67. The molecule has 1 heterocycles. The van der Waals surface area contributed by atoms with E-state index < -0.39 is 0 Å². The van der Waals surface area contributed by atoms with E-state index in [2.05, 4.69) is 10.6 Å². The minimum Gasteiger partial charge on any atom is -0.450 e. The normalized spacial score (nSPS) is 14.5. The molecule has 3 N–H and O–H groups in total. The molecule has 8 nitrogen and oxygen atoms in total. The van der Waals surface area contributed by atoms with Crippen LogP contribution in [0.1, 0.15) is 19.4 Å². The lowest BCUT2D eigenvalue weighted by molar-refractivity contribution is -0.896. The summed E-state index contributed by atoms with van der Waals surface area (Å²) < 4.78 is 4.98. The van der Waals surface area contributed by atoms with Gasteiger partial charge < -0.3 is 20.3 Å². The summed E-state index contributed by atoms with van der Waals surface area (Å²) >= 11 is 0. The Morgan fingerprint density at radius 1 is 1.11 bits per heavy atom. The van der Waals surface area contributed by atoms with Gasteiger partial charge in [0.05, 0.1) is 39.3 Å². The number of carbonyl (C=O) groups excluding carboxylic acids is 3. The molecule has 0 spiro atoms. The van der Waals surface area contributed by atoms with Crippen molar-refractivity contribution in [1.29, 1.82) is 0 Å². The van der Waals surface area contributed by atoms with Crippen molar-refractivity contribution in [2.24, 2.45) is 0 Å². The summed E-state index contributed by atoms with van der Waals surface area (Å²) in [5.41, 5.74) is 1.83. The molecule has 0 aromatic heterocycles. The molecule has 1 aliphatic rings. The summed E-state index contributed by atoms with van der Waals surface area (Å²) in [6, 6.07) is 7.62. The Kier molecular flexibility index (Phi) is 8.06. The number of benzene rings is 1. The quantitative estimate of drug-likeness (QED) is 0.606. The van der Waals surface area contributed by atoms with Crippen LogP contribution in [0.3, 0.4) is 0 Å². The zero-order valence-electron chi connectivity index (χ0n) is 16.0. The Bertz CT molecular complexity index is 657. The molecule has 0 atom stereocenters. The first kappa shape index (κ1) is 20.7. The maximum absolute atomic E-state index is 12.1. The van der Waals surface area contributed by atoms with Crippen LogP contribution < -0.4 is 15.5 Å². The Hall–Kier alpha value is -2.61. The van der Waals surface area contributed by atoms with Gasteiger partial charge in [-0.3, -0.25) is 14.5 Å². The van der Waals surface area contributed by atoms with E-state index in [1.807, 2.05) is 31.2 Å². The summed E-state index contributed by atoms with van der Waals surface area (Å²) in [5.74, 6) is -0.417. The number of quaternary nitrogens is 1. The molecule has 148 valence electrons. The van der Waals surface area contributed by atoms with Crippen LogP contribution in [0.4, 0.5) is 10.5 Å². The number of para-hydroxylation sites is 1. The molecule has 1 aromatic rings. The number of rotatable bonds is 7. The third-order valence-electron chi connectivity index (χ3n) is 4.53. The summed E-state index contributed by atoms with van der Waals surface area (Å²) in [6.45, 7) is 6.89. The first-order valence-corrected chi connectivity index (χ1v) is 9.43. The molecule has 0 radical (unpaired) electrons. The number of hydrogen-bond donors (Lipinski definition) is 3. The second-order valence-electron chi connectivity index (χ2n) is 6.45. The minimum absolute atomic E-state index is 0.0564. The Morgan fingerprint density at radius 2 is 1.81 bits per heavy atom. The van der Waals surface area contributed by atoms with E-state index in [-0.39, 0.29) is 31.0 Å². The van der Waals surface area contributed by atoms with Crippen LogP contribution in [0, 0.1) is 0 Å². The van der Waals surface area contributed by atoms with Gasteiger partial charge in [0.15, 0.2) is 6.54 Å². The molecule has 1 aromatic carbocycles. The van der Waals surface area contributed by atoms with Crippen molar-refractivity contribution < 1.29 is 24.0 Å². The lowest BCUT2D eigenvalue weighted by atomic mass is 10.1. The SMILES string of the molecule is CCOC(=O)N1CC[NH+](CC(=O)NCC(=O)Nc2ccccc2CC)CC1. The third-order valence-corrected chi connectivity index (χ3v) is 4.53. The highest BCUT2D eigenvalue weighted by atomic mass is 16.6. The van der Waals surface area contributed by atoms with Crippen molar-refractivity contribution >= 4 is 23.6 Å². The van der Waals surface area contributed by atoms with Crippen molar-refractivity contribution in [1.82, 2.24) is 10.2 Å². The van der Waals surface area contributed by atoms with Crippen LogP contribution in [-0.2, 0) is 20.7 Å². The minimum atomic E-state index is -0.301. The van der Waals surface area contributed by atoms with E-state index in [1.165, 1.54) is 0 Å². The first-order chi connectivity index (χ1) is 13.0. The third kappa shape index (κ3) is 6.56. The van der Waals surface area contributed by atoms with Gasteiger partial charge >= 0.3 is 6.09 Å². The van der Waals surface area contributed by atoms with Gasteiger partial charge in [0.25, 0.3) is 5.91 Å². The van der Waals surface area contributed by atoms with Crippen molar-refractivity contribution in [2.75, 3.05) is 51.2 Å². The van der Waals surface area contributed by atoms with E-state index in [0.717, 1.165) is 22.6 Å². The van der Waals surface area contributed by atoms with Gasteiger partial charge in [-0.15, -0.1) is 0 Å². The molecule has 3 amide bonds. The summed E-state index contributed by atoms with van der Waals surface area (Å²) in [5, 5.41) is 5.50. The monoisotopic (exact) mass is 377 g/mol. The maximum atomic E-state index is 12.1. The van der Waals surface area contributed by atoms with Gasteiger partial charge in [-0.25, -0.2) is 4.79 Å². The van der Waals surface area contributed by atoms with Crippen molar-refractivity contribution in [2.45, 2.75) is 20.3 Å². The molecule has 0 saturated carbocycles. The summed E-state index contributed by atoms with van der Waals surface area (Å²) in [7, 11) is 0. The van der Waals surface area contributed by atoms with Gasteiger partial charge in [0, 0.05) is 5.69 Å².